The number of fused-ring (bicyclic) bond motifs is 1. The van der Waals surface area contributed by atoms with Crippen LogP contribution in [-0.2, 0) is 11.3 Å². The minimum Gasteiger partial charge on any atom is -0.369 e. The van der Waals surface area contributed by atoms with Gasteiger partial charge in [0.15, 0.2) is 0 Å². The van der Waals surface area contributed by atoms with Crippen molar-refractivity contribution >= 4 is 11.8 Å². The molecule has 2 aliphatic heterocycles. The number of amides is 2. The second-order valence-electron chi connectivity index (χ2n) is 7.90. The van der Waals surface area contributed by atoms with E-state index in [2.05, 4.69) is 11.4 Å². The van der Waals surface area contributed by atoms with Gasteiger partial charge in [0.25, 0.3) is 5.91 Å². The summed E-state index contributed by atoms with van der Waals surface area (Å²) in [6, 6.07) is 7.68. The van der Waals surface area contributed by atoms with E-state index in [4.69, 9.17) is 5.73 Å². The zero-order chi connectivity index (χ0) is 19.0. The number of carbonyl (C=O) groups excluding carboxylic acids is 2. The van der Waals surface area contributed by atoms with Crippen LogP contribution in [-0.4, -0.2) is 22.4 Å². The molecule has 0 bridgehead atoms. The molecule has 0 spiro atoms. The molecule has 0 saturated heterocycles. The van der Waals surface area contributed by atoms with Crippen molar-refractivity contribution in [2.75, 3.05) is 0 Å². The van der Waals surface area contributed by atoms with Gasteiger partial charge in [0, 0.05) is 12.1 Å². The number of primary amides is 1. The monoisotopic (exact) mass is 365 g/mol. The first-order valence-corrected chi connectivity index (χ1v) is 9.90. The molecule has 3 N–H and O–H groups in total. The zero-order valence-electron chi connectivity index (χ0n) is 15.8. The van der Waals surface area contributed by atoms with Gasteiger partial charge in [0.2, 0.25) is 5.91 Å². The van der Waals surface area contributed by atoms with E-state index in [9.17, 15) is 9.59 Å². The Kier molecular flexibility index (Phi) is 4.54. The van der Waals surface area contributed by atoms with Gasteiger partial charge in [-0.1, -0.05) is 43.5 Å². The van der Waals surface area contributed by atoms with Gasteiger partial charge in [-0.3, -0.25) is 9.59 Å². The molecule has 27 heavy (non-hydrogen) atoms. The molecule has 0 aromatic heterocycles. The number of allylic oxidation sites excluding steroid dienone is 2. The number of hydrogen-bond acceptors (Lipinski definition) is 3. The summed E-state index contributed by atoms with van der Waals surface area (Å²) >= 11 is 0. The Hall–Kier alpha value is -2.56. The maximum Gasteiger partial charge on any atom is 0.256 e. The molecule has 5 nitrogen and oxygen atoms in total. The second kappa shape index (κ2) is 6.87. The van der Waals surface area contributed by atoms with Crippen molar-refractivity contribution in [1.82, 2.24) is 10.2 Å². The van der Waals surface area contributed by atoms with Gasteiger partial charge in [-0.2, -0.15) is 0 Å². The molecular weight excluding hydrogens is 338 g/mol. The first-order valence-electron chi connectivity index (χ1n) is 9.90. The van der Waals surface area contributed by atoms with Crippen LogP contribution >= 0.6 is 0 Å². The van der Waals surface area contributed by atoms with Crippen LogP contribution in [0.4, 0.5) is 0 Å². The predicted molar refractivity (Wildman–Crippen MR) is 104 cm³/mol. The molecule has 5 heteroatoms. The average Bonchev–Trinajstić information content (AvgIpc) is 3.05. The SMILES string of the molecule is C[C@H](C(N)=O)C1(N2Cc3ccccc3C2=O)NC=CC=C1C1CCCCC1. The smallest absolute Gasteiger partial charge is 0.256 e. The fraction of sp³-hybridized carbons (Fsp3) is 0.455. The topological polar surface area (TPSA) is 75.4 Å². The highest BCUT2D eigenvalue weighted by atomic mass is 16.2. The van der Waals surface area contributed by atoms with Crippen LogP contribution in [0.15, 0.2) is 48.2 Å². The summed E-state index contributed by atoms with van der Waals surface area (Å²) in [6.45, 7) is 2.32. The second-order valence-corrected chi connectivity index (χ2v) is 7.90. The van der Waals surface area contributed by atoms with Crippen molar-refractivity contribution in [2.24, 2.45) is 17.6 Å². The zero-order valence-corrected chi connectivity index (χ0v) is 15.8. The largest absolute Gasteiger partial charge is 0.369 e. The molecular formula is C22H27N3O2. The number of nitrogens with one attached hydrogen (secondary N) is 1. The summed E-state index contributed by atoms with van der Waals surface area (Å²) in [5.41, 5.74) is 7.73. The summed E-state index contributed by atoms with van der Waals surface area (Å²) in [6.07, 6.45) is 11.7. The molecule has 1 fully saturated rings. The standard InChI is InChI=1S/C22H27N3O2/c1-15(20(23)26)22(25-14-17-10-5-6-11-18(17)21(25)27)19(12-7-13-24-22)16-8-3-2-4-9-16/h5-7,10-13,15-16,24H,2-4,8-9,14H2,1H3,(H2,23,26)/t15-,22?/m1/s1. The van der Waals surface area contributed by atoms with Crippen LogP contribution in [0.2, 0.25) is 0 Å². The first-order chi connectivity index (χ1) is 13.1. The maximum absolute atomic E-state index is 13.3. The molecule has 0 radical (unpaired) electrons. The lowest BCUT2D eigenvalue weighted by atomic mass is 9.72. The molecule has 3 aliphatic rings. The number of nitrogens with two attached hydrogens (primary N) is 1. The first kappa shape index (κ1) is 17.8. The van der Waals surface area contributed by atoms with Crippen LogP contribution in [0.3, 0.4) is 0 Å². The third-order valence-electron chi connectivity index (χ3n) is 6.46. The number of hydrogen-bond donors (Lipinski definition) is 2. The highest BCUT2D eigenvalue weighted by Crippen LogP contribution is 2.44. The van der Waals surface area contributed by atoms with E-state index in [0.717, 1.165) is 24.0 Å². The summed E-state index contributed by atoms with van der Waals surface area (Å²) in [7, 11) is 0. The van der Waals surface area contributed by atoms with Gasteiger partial charge in [0.05, 0.1) is 5.92 Å². The van der Waals surface area contributed by atoms with E-state index in [1.165, 1.54) is 19.3 Å². The molecule has 1 aromatic rings. The number of dihydropyridines is 1. The van der Waals surface area contributed by atoms with Crippen molar-refractivity contribution in [1.29, 1.82) is 0 Å². The van der Waals surface area contributed by atoms with E-state index < -0.39 is 17.5 Å². The van der Waals surface area contributed by atoms with Gasteiger partial charge >= 0.3 is 0 Å². The fourth-order valence-corrected chi connectivity index (χ4v) is 4.99. The van der Waals surface area contributed by atoms with Crippen molar-refractivity contribution in [3.8, 4) is 0 Å². The van der Waals surface area contributed by atoms with Gasteiger partial charge in [-0.15, -0.1) is 0 Å². The highest BCUT2D eigenvalue weighted by molar-refractivity contribution is 5.99. The number of nitrogens with zero attached hydrogens (tertiary/aromatic N) is 1. The van der Waals surface area contributed by atoms with E-state index in [1.54, 1.807) is 0 Å². The van der Waals surface area contributed by atoms with Crippen LogP contribution in [0.5, 0.6) is 0 Å². The molecule has 142 valence electrons. The summed E-state index contributed by atoms with van der Waals surface area (Å²) in [4.78, 5) is 27.5. The van der Waals surface area contributed by atoms with E-state index in [-0.39, 0.29) is 5.91 Å². The third-order valence-corrected chi connectivity index (χ3v) is 6.46. The summed E-state index contributed by atoms with van der Waals surface area (Å²) in [5, 5.41) is 3.42. The van der Waals surface area contributed by atoms with Crippen LogP contribution in [0, 0.1) is 11.8 Å². The van der Waals surface area contributed by atoms with Gasteiger partial charge in [-0.05, 0) is 55.2 Å². The quantitative estimate of drug-likeness (QED) is 0.861. The van der Waals surface area contributed by atoms with Crippen molar-refractivity contribution in [2.45, 2.75) is 51.2 Å². The van der Waals surface area contributed by atoms with Crippen molar-refractivity contribution < 1.29 is 9.59 Å². The van der Waals surface area contributed by atoms with E-state index in [1.807, 2.05) is 48.4 Å². The van der Waals surface area contributed by atoms with Gasteiger partial charge in [-0.25, -0.2) is 0 Å². The van der Waals surface area contributed by atoms with Crippen molar-refractivity contribution in [3.63, 3.8) is 0 Å². The fourth-order valence-electron chi connectivity index (χ4n) is 4.99. The van der Waals surface area contributed by atoms with E-state index >= 15 is 0 Å². The Morgan fingerprint density at radius 2 is 2.00 bits per heavy atom. The Morgan fingerprint density at radius 3 is 2.70 bits per heavy atom. The minimum atomic E-state index is -0.904. The number of rotatable bonds is 4. The molecule has 2 heterocycles. The Morgan fingerprint density at radius 1 is 1.26 bits per heavy atom. The van der Waals surface area contributed by atoms with Gasteiger partial charge < -0.3 is 16.0 Å². The Labute approximate surface area is 160 Å². The Bertz CT molecular complexity index is 823. The lowest BCUT2D eigenvalue weighted by Gasteiger charge is -2.50. The molecule has 2 atom stereocenters. The molecule has 1 unspecified atom stereocenters. The molecule has 2 amide bonds. The normalized spacial score (nSPS) is 26.3. The molecule has 4 rings (SSSR count). The lowest BCUT2D eigenvalue weighted by Crippen LogP contribution is -2.66. The number of benzene rings is 1. The summed E-state index contributed by atoms with van der Waals surface area (Å²) < 4.78 is 0. The van der Waals surface area contributed by atoms with Crippen LogP contribution in [0.25, 0.3) is 0 Å². The number of carbonyl (C=O) groups is 2. The van der Waals surface area contributed by atoms with Crippen molar-refractivity contribution in [3.05, 3.63) is 59.3 Å². The molecule has 1 saturated carbocycles. The average molecular weight is 365 g/mol. The Balaban J connectivity index is 1.81. The summed E-state index contributed by atoms with van der Waals surface area (Å²) in [5.74, 6) is -0.630. The van der Waals surface area contributed by atoms with Gasteiger partial charge in [0.1, 0.15) is 5.66 Å². The molecule has 1 aromatic carbocycles. The predicted octanol–water partition coefficient (Wildman–Crippen LogP) is 3.08. The third kappa shape index (κ3) is 2.76. The molecule has 1 aliphatic carbocycles. The van der Waals surface area contributed by atoms with Crippen LogP contribution in [0.1, 0.15) is 54.9 Å². The minimum absolute atomic E-state index is 0.0387. The van der Waals surface area contributed by atoms with Crippen LogP contribution < -0.4 is 11.1 Å². The maximum atomic E-state index is 13.3. The van der Waals surface area contributed by atoms with E-state index in [0.29, 0.717) is 18.0 Å². The highest BCUT2D eigenvalue weighted by Gasteiger charge is 2.53. The lowest BCUT2D eigenvalue weighted by molar-refractivity contribution is -0.125.